The number of hydrogen-bond acceptors (Lipinski definition) is 3. The van der Waals surface area contributed by atoms with Crippen LogP contribution in [0.2, 0.25) is 5.02 Å². The summed E-state index contributed by atoms with van der Waals surface area (Å²) in [4.78, 5) is 22.4. The van der Waals surface area contributed by atoms with Crippen molar-refractivity contribution in [2.75, 3.05) is 0 Å². The number of benzene rings is 1. The Kier molecular flexibility index (Phi) is 4.83. The minimum Gasteiger partial charge on any atom is -0.349 e. The zero-order valence-corrected chi connectivity index (χ0v) is 12.9. The molecule has 0 spiro atoms. The van der Waals surface area contributed by atoms with E-state index in [4.69, 9.17) is 11.6 Å². The maximum atomic E-state index is 12.2. The monoisotopic (exact) mass is 310 g/mol. The fourth-order valence-corrected chi connectivity index (χ4v) is 3.32. The van der Waals surface area contributed by atoms with Crippen LogP contribution in [0.25, 0.3) is 0 Å². The Morgan fingerprint density at radius 1 is 1.48 bits per heavy atom. The summed E-state index contributed by atoms with van der Waals surface area (Å²) in [6.45, 7) is 4.33. The highest BCUT2D eigenvalue weighted by Crippen LogP contribution is 2.34. The van der Waals surface area contributed by atoms with E-state index in [1.165, 1.54) is 18.2 Å². The SMILES string of the molecule is CCC1CCC(NC(=O)c2ccc([N+](=O)[O-])c(Cl)c2)C1C. The molecule has 0 aromatic heterocycles. The fourth-order valence-electron chi connectivity index (χ4n) is 3.08. The molecule has 1 aromatic carbocycles. The van der Waals surface area contributed by atoms with Crippen LogP contribution >= 0.6 is 11.6 Å². The van der Waals surface area contributed by atoms with Gasteiger partial charge in [0.15, 0.2) is 0 Å². The molecule has 114 valence electrons. The van der Waals surface area contributed by atoms with Crippen molar-refractivity contribution in [3.63, 3.8) is 0 Å². The third kappa shape index (κ3) is 3.35. The lowest BCUT2D eigenvalue weighted by molar-refractivity contribution is -0.384. The van der Waals surface area contributed by atoms with Crippen LogP contribution < -0.4 is 5.32 Å². The molecule has 1 fully saturated rings. The lowest BCUT2D eigenvalue weighted by Gasteiger charge is -2.21. The van der Waals surface area contributed by atoms with Gasteiger partial charge in [-0.05, 0) is 36.8 Å². The molecule has 0 saturated heterocycles. The second-order valence-electron chi connectivity index (χ2n) is 5.61. The highest BCUT2D eigenvalue weighted by molar-refractivity contribution is 6.33. The van der Waals surface area contributed by atoms with Crippen LogP contribution in [0.3, 0.4) is 0 Å². The van der Waals surface area contributed by atoms with Crippen molar-refractivity contribution >= 4 is 23.2 Å². The molecule has 3 atom stereocenters. The quantitative estimate of drug-likeness (QED) is 0.679. The first-order valence-corrected chi connectivity index (χ1v) is 7.56. The van der Waals surface area contributed by atoms with Crippen molar-refractivity contribution in [2.45, 2.75) is 39.2 Å². The fraction of sp³-hybridized carbons (Fsp3) is 0.533. The van der Waals surface area contributed by atoms with Crippen molar-refractivity contribution < 1.29 is 9.72 Å². The Labute approximate surface area is 128 Å². The Bertz CT molecular complexity index is 562. The van der Waals surface area contributed by atoms with E-state index >= 15 is 0 Å². The summed E-state index contributed by atoms with van der Waals surface area (Å²) in [5, 5.41) is 13.7. The lowest BCUT2D eigenvalue weighted by Crippen LogP contribution is -2.37. The van der Waals surface area contributed by atoms with E-state index in [2.05, 4.69) is 19.2 Å². The standard InChI is InChI=1S/C15H19ClN2O3/c1-3-10-4-6-13(9(10)2)17-15(19)11-5-7-14(18(20)21)12(16)8-11/h5,7-10,13H,3-4,6H2,1-2H3,(H,17,19). The Balaban J connectivity index is 2.07. The van der Waals surface area contributed by atoms with Crippen LogP contribution in [0.5, 0.6) is 0 Å². The molecule has 6 heteroatoms. The first-order chi connectivity index (χ1) is 9.93. The Morgan fingerprint density at radius 2 is 2.19 bits per heavy atom. The lowest BCUT2D eigenvalue weighted by atomic mass is 9.93. The van der Waals surface area contributed by atoms with E-state index in [1.807, 2.05) is 0 Å². The van der Waals surface area contributed by atoms with Crippen LogP contribution in [0.1, 0.15) is 43.5 Å². The van der Waals surface area contributed by atoms with Crippen LogP contribution in [-0.4, -0.2) is 16.9 Å². The van der Waals surface area contributed by atoms with Crippen molar-refractivity contribution in [2.24, 2.45) is 11.8 Å². The maximum Gasteiger partial charge on any atom is 0.287 e. The summed E-state index contributed by atoms with van der Waals surface area (Å²) in [7, 11) is 0. The van der Waals surface area contributed by atoms with Crippen LogP contribution in [0.4, 0.5) is 5.69 Å². The van der Waals surface area contributed by atoms with Crippen molar-refractivity contribution in [3.05, 3.63) is 38.9 Å². The Morgan fingerprint density at radius 3 is 2.71 bits per heavy atom. The van der Waals surface area contributed by atoms with Gasteiger partial charge in [0, 0.05) is 17.7 Å². The van der Waals surface area contributed by atoms with E-state index in [1.54, 1.807) is 0 Å². The molecule has 1 saturated carbocycles. The summed E-state index contributed by atoms with van der Waals surface area (Å²) < 4.78 is 0. The largest absolute Gasteiger partial charge is 0.349 e. The van der Waals surface area contributed by atoms with Crippen LogP contribution in [-0.2, 0) is 0 Å². The van der Waals surface area contributed by atoms with Crippen LogP contribution in [0.15, 0.2) is 18.2 Å². The topological polar surface area (TPSA) is 72.2 Å². The van der Waals surface area contributed by atoms with E-state index < -0.39 is 4.92 Å². The molecule has 0 aliphatic heterocycles. The number of nitro groups is 1. The predicted octanol–water partition coefficient (Wildman–Crippen LogP) is 3.80. The molecule has 1 aliphatic carbocycles. The average Bonchev–Trinajstić information content (AvgIpc) is 2.79. The van der Waals surface area contributed by atoms with Gasteiger partial charge in [0.2, 0.25) is 0 Å². The summed E-state index contributed by atoms with van der Waals surface area (Å²) in [6, 6.07) is 4.23. The highest BCUT2D eigenvalue weighted by Gasteiger charge is 2.32. The number of nitro benzene ring substituents is 1. The molecule has 0 radical (unpaired) electrons. The third-order valence-electron chi connectivity index (χ3n) is 4.47. The van der Waals surface area contributed by atoms with E-state index in [0.717, 1.165) is 19.3 Å². The zero-order chi connectivity index (χ0) is 15.6. The third-order valence-corrected chi connectivity index (χ3v) is 4.78. The molecule has 2 rings (SSSR count). The molecule has 5 nitrogen and oxygen atoms in total. The molecule has 1 amide bonds. The van der Waals surface area contributed by atoms with Gasteiger partial charge in [-0.1, -0.05) is 31.9 Å². The number of halogens is 1. The molecule has 1 aromatic rings. The number of carbonyl (C=O) groups excluding carboxylic acids is 1. The predicted molar refractivity (Wildman–Crippen MR) is 81.5 cm³/mol. The van der Waals surface area contributed by atoms with Gasteiger partial charge in [0.1, 0.15) is 5.02 Å². The molecular formula is C15H19ClN2O3. The molecule has 1 aliphatic rings. The number of carbonyl (C=O) groups is 1. The molecule has 21 heavy (non-hydrogen) atoms. The molecule has 0 bridgehead atoms. The van der Waals surface area contributed by atoms with Gasteiger partial charge >= 0.3 is 0 Å². The number of nitrogens with zero attached hydrogens (tertiary/aromatic N) is 1. The maximum absolute atomic E-state index is 12.2. The number of hydrogen-bond donors (Lipinski definition) is 1. The molecular weight excluding hydrogens is 292 g/mol. The smallest absolute Gasteiger partial charge is 0.287 e. The second kappa shape index (κ2) is 6.43. The summed E-state index contributed by atoms with van der Waals surface area (Å²) >= 11 is 5.84. The van der Waals surface area contributed by atoms with Crippen molar-refractivity contribution in [1.29, 1.82) is 0 Å². The van der Waals surface area contributed by atoms with Gasteiger partial charge in [0.25, 0.3) is 11.6 Å². The highest BCUT2D eigenvalue weighted by atomic mass is 35.5. The second-order valence-corrected chi connectivity index (χ2v) is 6.02. The number of nitrogens with one attached hydrogen (secondary N) is 1. The van der Waals surface area contributed by atoms with E-state index in [9.17, 15) is 14.9 Å². The summed E-state index contributed by atoms with van der Waals surface area (Å²) in [5.74, 6) is 0.878. The van der Waals surface area contributed by atoms with Crippen molar-refractivity contribution in [1.82, 2.24) is 5.32 Å². The van der Waals surface area contributed by atoms with Gasteiger partial charge in [-0.3, -0.25) is 14.9 Å². The normalized spacial score (nSPS) is 24.8. The average molecular weight is 311 g/mol. The van der Waals surface area contributed by atoms with Gasteiger partial charge < -0.3 is 5.32 Å². The minimum atomic E-state index is -0.561. The van der Waals surface area contributed by atoms with Gasteiger partial charge in [-0.15, -0.1) is 0 Å². The van der Waals surface area contributed by atoms with E-state index in [0.29, 0.717) is 17.4 Å². The van der Waals surface area contributed by atoms with Crippen molar-refractivity contribution in [3.8, 4) is 0 Å². The van der Waals surface area contributed by atoms with E-state index in [-0.39, 0.29) is 22.7 Å². The first-order valence-electron chi connectivity index (χ1n) is 7.18. The first kappa shape index (κ1) is 15.8. The summed E-state index contributed by atoms with van der Waals surface area (Å²) in [6.07, 6.45) is 3.23. The zero-order valence-electron chi connectivity index (χ0n) is 12.1. The molecule has 0 heterocycles. The Hall–Kier alpha value is -1.62. The summed E-state index contributed by atoms with van der Waals surface area (Å²) in [5.41, 5.74) is 0.172. The van der Waals surface area contributed by atoms with Crippen LogP contribution in [0, 0.1) is 22.0 Å². The number of amides is 1. The molecule has 3 unspecified atom stereocenters. The number of rotatable bonds is 4. The minimum absolute atomic E-state index is 0.0152. The van der Waals surface area contributed by atoms with Gasteiger partial charge in [-0.25, -0.2) is 0 Å². The van der Waals surface area contributed by atoms with Gasteiger partial charge in [0.05, 0.1) is 4.92 Å². The molecule has 1 N–H and O–H groups in total. The van der Waals surface area contributed by atoms with Gasteiger partial charge in [-0.2, -0.15) is 0 Å².